The number of aromatic amines is 1. The molecule has 5 heteroatoms. The van der Waals surface area contributed by atoms with Crippen molar-refractivity contribution in [1.29, 1.82) is 0 Å². The summed E-state index contributed by atoms with van der Waals surface area (Å²) in [6.45, 7) is 1.43. The van der Waals surface area contributed by atoms with E-state index in [0.29, 0.717) is 0 Å². The molecular weight excluding hydrogens is 124 g/mol. The largest absolute Gasteiger partial charge is 0.421 e. The number of hydrogen-bond donors (Lipinski definition) is 1. The van der Waals surface area contributed by atoms with Crippen LogP contribution in [0.15, 0.2) is 14.0 Å². The minimum Gasteiger partial charge on any atom is -0.395 e. The van der Waals surface area contributed by atoms with Gasteiger partial charge in [-0.3, -0.25) is 0 Å². The molecule has 0 saturated carbocycles. The first-order valence-electron chi connectivity index (χ1n) is 2.26. The molecule has 0 saturated heterocycles. The van der Waals surface area contributed by atoms with Crippen LogP contribution < -0.4 is 11.4 Å². The Bertz CT molecular complexity index is 282. The molecule has 1 rings (SSSR count). The van der Waals surface area contributed by atoms with E-state index < -0.39 is 11.4 Å². The van der Waals surface area contributed by atoms with Gasteiger partial charge in [0.15, 0.2) is 0 Å². The predicted octanol–water partition coefficient (Wildman–Crippen LogP) is -0.968. The van der Waals surface area contributed by atoms with Crippen molar-refractivity contribution in [2.24, 2.45) is 0 Å². The average Bonchev–Trinajstić information content (AvgIpc) is 1.59. The standard InChI is InChI=1S/C4H4N2O3/c1-2-5-3(7)6-4(8)9-2/h1H3,(H,6,7,8). The maximum absolute atomic E-state index is 10.3. The lowest BCUT2D eigenvalue weighted by Crippen LogP contribution is -2.21. The zero-order chi connectivity index (χ0) is 6.85. The second kappa shape index (κ2) is 1.85. The first-order chi connectivity index (χ1) is 4.18. The molecule has 0 bridgehead atoms. The Morgan fingerprint density at radius 3 is 2.67 bits per heavy atom. The molecule has 1 N–H and O–H groups in total. The van der Waals surface area contributed by atoms with Crippen molar-refractivity contribution in [3.05, 3.63) is 26.9 Å². The first-order valence-corrected chi connectivity index (χ1v) is 2.26. The Hall–Kier alpha value is -1.39. The summed E-state index contributed by atoms with van der Waals surface area (Å²) in [6.07, 6.45) is 0. The highest BCUT2D eigenvalue weighted by Gasteiger charge is 1.90. The Morgan fingerprint density at radius 1 is 1.56 bits per heavy atom. The Kier molecular flexibility index (Phi) is 1.18. The minimum atomic E-state index is -0.771. The number of aryl methyl sites for hydroxylation is 1. The molecule has 9 heavy (non-hydrogen) atoms. The molecule has 1 heterocycles. The molecule has 0 radical (unpaired) electrons. The summed E-state index contributed by atoms with van der Waals surface area (Å²) in [7, 11) is 0. The zero-order valence-electron chi connectivity index (χ0n) is 4.67. The van der Waals surface area contributed by atoms with Crippen molar-refractivity contribution in [1.82, 2.24) is 9.97 Å². The van der Waals surface area contributed by atoms with Gasteiger partial charge in [-0.2, -0.15) is 4.98 Å². The van der Waals surface area contributed by atoms with Crippen molar-refractivity contribution < 1.29 is 4.42 Å². The van der Waals surface area contributed by atoms with Crippen molar-refractivity contribution in [3.63, 3.8) is 0 Å². The van der Waals surface area contributed by atoms with Gasteiger partial charge in [0.05, 0.1) is 0 Å². The maximum Gasteiger partial charge on any atom is 0.421 e. The van der Waals surface area contributed by atoms with Crippen LogP contribution in [0.5, 0.6) is 0 Å². The monoisotopic (exact) mass is 128 g/mol. The van der Waals surface area contributed by atoms with Gasteiger partial charge < -0.3 is 4.42 Å². The van der Waals surface area contributed by atoms with E-state index in [4.69, 9.17) is 0 Å². The van der Waals surface area contributed by atoms with E-state index in [9.17, 15) is 9.59 Å². The SMILES string of the molecule is Cc1nc(=O)[nH]c(=O)o1. The fraction of sp³-hybridized carbons (Fsp3) is 0.250. The first kappa shape index (κ1) is 5.74. The van der Waals surface area contributed by atoms with Crippen LogP contribution in [0.1, 0.15) is 5.89 Å². The second-order valence-corrected chi connectivity index (χ2v) is 1.45. The summed E-state index contributed by atoms with van der Waals surface area (Å²) in [6, 6.07) is 0. The molecule has 0 spiro atoms. The van der Waals surface area contributed by atoms with Crippen LogP contribution in [0, 0.1) is 6.92 Å². The molecule has 0 amide bonds. The Morgan fingerprint density at radius 2 is 2.22 bits per heavy atom. The fourth-order valence-electron chi connectivity index (χ4n) is 0.441. The zero-order valence-corrected chi connectivity index (χ0v) is 4.67. The summed E-state index contributed by atoms with van der Waals surface area (Å²) in [5.74, 6) is -0.698. The molecule has 1 aromatic rings. The summed E-state index contributed by atoms with van der Waals surface area (Å²) in [5, 5.41) is 0. The van der Waals surface area contributed by atoms with E-state index in [-0.39, 0.29) is 5.89 Å². The topological polar surface area (TPSA) is 76.0 Å². The summed E-state index contributed by atoms with van der Waals surface area (Å²) >= 11 is 0. The molecule has 5 nitrogen and oxygen atoms in total. The highest BCUT2D eigenvalue weighted by molar-refractivity contribution is 4.67. The third-order valence-corrected chi connectivity index (χ3v) is 0.708. The third-order valence-electron chi connectivity index (χ3n) is 0.708. The molecular formula is C4H4N2O3. The van der Waals surface area contributed by atoms with E-state index in [1.165, 1.54) is 6.92 Å². The van der Waals surface area contributed by atoms with Crippen LogP contribution in [0.25, 0.3) is 0 Å². The Labute approximate surface area is 49.4 Å². The van der Waals surface area contributed by atoms with Gasteiger partial charge in [-0.25, -0.2) is 14.6 Å². The van der Waals surface area contributed by atoms with Gasteiger partial charge in [0.25, 0.3) is 0 Å². The molecule has 0 aliphatic heterocycles. The maximum atomic E-state index is 10.3. The van der Waals surface area contributed by atoms with Crippen molar-refractivity contribution in [2.75, 3.05) is 0 Å². The number of aromatic nitrogens is 2. The molecule has 0 fully saturated rings. The van der Waals surface area contributed by atoms with Crippen LogP contribution in [0.3, 0.4) is 0 Å². The number of rotatable bonds is 0. The van der Waals surface area contributed by atoms with Crippen LogP contribution in [0.4, 0.5) is 0 Å². The molecule has 0 aliphatic carbocycles. The predicted molar refractivity (Wildman–Crippen MR) is 28.1 cm³/mol. The second-order valence-electron chi connectivity index (χ2n) is 1.45. The lowest BCUT2D eigenvalue weighted by atomic mass is 10.8. The number of H-pyrrole nitrogens is 1. The van der Waals surface area contributed by atoms with Gasteiger partial charge in [0.2, 0.25) is 5.89 Å². The smallest absolute Gasteiger partial charge is 0.395 e. The molecule has 0 aliphatic rings. The van der Waals surface area contributed by atoms with Crippen LogP contribution >= 0.6 is 0 Å². The quantitative estimate of drug-likeness (QED) is 0.487. The van der Waals surface area contributed by atoms with Crippen LogP contribution in [-0.4, -0.2) is 9.97 Å². The average molecular weight is 128 g/mol. The number of hydrogen-bond acceptors (Lipinski definition) is 4. The van der Waals surface area contributed by atoms with E-state index in [2.05, 4.69) is 9.40 Å². The lowest BCUT2D eigenvalue weighted by molar-refractivity contribution is 0.424. The Balaban J connectivity index is 3.52. The van der Waals surface area contributed by atoms with Gasteiger partial charge in [-0.1, -0.05) is 0 Å². The highest BCUT2D eigenvalue weighted by Crippen LogP contribution is 1.73. The van der Waals surface area contributed by atoms with Crippen LogP contribution in [-0.2, 0) is 0 Å². The third kappa shape index (κ3) is 1.25. The van der Waals surface area contributed by atoms with Gasteiger partial charge >= 0.3 is 11.4 Å². The van der Waals surface area contributed by atoms with E-state index in [1.54, 1.807) is 0 Å². The van der Waals surface area contributed by atoms with Crippen molar-refractivity contribution >= 4 is 0 Å². The molecule has 1 aromatic heterocycles. The van der Waals surface area contributed by atoms with Gasteiger partial charge in [0.1, 0.15) is 0 Å². The van der Waals surface area contributed by atoms with Crippen molar-refractivity contribution in [2.45, 2.75) is 6.92 Å². The number of nitrogens with one attached hydrogen (secondary N) is 1. The van der Waals surface area contributed by atoms with Crippen molar-refractivity contribution in [3.8, 4) is 0 Å². The minimum absolute atomic E-state index is 0.0729. The van der Waals surface area contributed by atoms with Gasteiger partial charge in [-0.15, -0.1) is 0 Å². The lowest BCUT2D eigenvalue weighted by Gasteiger charge is -1.82. The van der Waals surface area contributed by atoms with Gasteiger partial charge in [0, 0.05) is 6.92 Å². The van der Waals surface area contributed by atoms with Gasteiger partial charge in [-0.05, 0) is 0 Å². The summed E-state index contributed by atoms with van der Waals surface area (Å²) in [4.78, 5) is 25.6. The normalized spacial score (nSPS) is 9.44. The summed E-state index contributed by atoms with van der Waals surface area (Å²) in [5.41, 5.74) is -0.677. The number of nitrogens with zero attached hydrogens (tertiary/aromatic N) is 1. The fourth-order valence-corrected chi connectivity index (χ4v) is 0.441. The van der Waals surface area contributed by atoms with E-state index in [1.807, 2.05) is 4.98 Å². The molecule has 0 atom stereocenters. The van der Waals surface area contributed by atoms with E-state index >= 15 is 0 Å². The molecule has 0 aromatic carbocycles. The molecule has 0 unspecified atom stereocenters. The highest BCUT2D eigenvalue weighted by atomic mass is 16.4. The van der Waals surface area contributed by atoms with Crippen LogP contribution in [0.2, 0.25) is 0 Å². The van der Waals surface area contributed by atoms with E-state index in [0.717, 1.165) is 0 Å². The summed E-state index contributed by atoms with van der Waals surface area (Å²) < 4.78 is 4.34. The molecule has 48 valence electrons.